The zero-order valence-corrected chi connectivity index (χ0v) is 8.62. The van der Waals surface area contributed by atoms with E-state index in [2.05, 4.69) is 5.32 Å². The van der Waals surface area contributed by atoms with E-state index in [1.807, 2.05) is 13.8 Å². The molecule has 1 aliphatic heterocycles. The summed E-state index contributed by atoms with van der Waals surface area (Å²) in [6.45, 7) is 3.72. The van der Waals surface area contributed by atoms with Gasteiger partial charge in [-0.2, -0.15) is 0 Å². The van der Waals surface area contributed by atoms with E-state index in [4.69, 9.17) is 0 Å². The predicted molar refractivity (Wildman–Crippen MR) is 51.6 cm³/mol. The van der Waals surface area contributed by atoms with Crippen LogP contribution in [0.2, 0.25) is 0 Å². The summed E-state index contributed by atoms with van der Waals surface area (Å²) in [5.74, 6) is 0.619. The first-order valence-electron chi connectivity index (χ1n) is 5.23. The van der Waals surface area contributed by atoms with Gasteiger partial charge in [-0.25, -0.2) is 4.79 Å². The third kappa shape index (κ3) is 1.61. The summed E-state index contributed by atoms with van der Waals surface area (Å²) in [6.07, 6.45) is 3.25. The van der Waals surface area contributed by atoms with Crippen LogP contribution in [0.5, 0.6) is 0 Å². The van der Waals surface area contributed by atoms with Crippen molar-refractivity contribution in [2.45, 2.75) is 45.2 Å². The molecule has 4 nitrogen and oxygen atoms in total. The van der Waals surface area contributed by atoms with Crippen LogP contribution in [-0.2, 0) is 4.79 Å². The minimum Gasteiger partial charge on any atom is -0.326 e. The molecule has 1 atom stereocenters. The molecule has 2 aliphatic rings. The van der Waals surface area contributed by atoms with Crippen LogP contribution in [0.3, 0.4) is 0 Å². The van der Waals surface area contributed by atoms with Crippen molar-refractivity contribution in [1.29, 1.82) is 0 Å². The summed E-state index contributed by atoms with van der Waals surface area (Å²) >= 11 is 0. The van der Waals surface area contributed by atoms with E-state index in [9.17, 15) is 9.59 Å². The Bertz CT molecular complexity index is 271. The molecule has 2 fully saturated rings. The molecule has 0 aromatic heterocycles. The second-order valence-electron chi connectivity index (χ2n) is 4.48. The maximum Gasteiger partial charge on any atom is 0.325 e. The van der Waals surface area contributed by atoms with E-state index in [0.717, 1.165) is 6.42 Å². The van der Waals surface area contributed by atoms with Gasteiger partial charge in [-0.05, 0) is 26.2 Å². The first-order chi connectivity index (χ1) is 6.59. The van der Waals surface area contributed by atoms with Gasteiger partial charge < -0.3 is 5.32 Å². The summed E-state index contributed by atoms with van der Waals surface area (Å²) in [7, 11) is 0. The molecule has 0 aromatic rings. The molecule has 1 N–H and O–H groups in total. The Balaban J connectivity index is 2.02. The van der Waals surface area contributed by atoms with Crippen LogP contribution < -0.4 is 5.32 Å². The van der Waals surface area contributed by atoms with Crippen LogP contribution >= 0.6 is 0 Å². The van der Waals surface area contributed by atoms with Gasteiger partial charge in [0.1, 0.15) is 6.04 Å². The standard InChI is InChI=1S/C10H16N2O2/c1-6(2)12-9(13)8(11-10(12)14)5-7-3-4-7/h6-8H,3-5H2,1-2H3,(H,11,14). The highest BCUT2D eigenvalue weighted by molar-refractivity contribution is 6.04. The summed E-state index contributed by atoms with van der Waals surface area (Å²) in [5.41, 5.74) is 0. The van der Waals surface area contributed by atoms with Crippen molar-refractivity contribution in [3.63, 3.8) is 0 Å². The van der Waals surface area contributed by atoms with Crippen LogP contribution in [0.25, 0.3) is 0 Å². The lowest BCUT2D eigenvalue weighted by Gasteiger charge is -2.16. The summed E-state index contributed by atoms with van der Waals surface area (Å²) < 4.78 is 0. The van der Waals surface area contributed by atoms with Gasteiger partial charge in [0.05, 0.1) is 0 Å². The summed E-state index contributed by atoms with van der Waals surface area (Å²) in [6, 6.07) is -0.514. The Morgan fingerprint density at radius 2 is 2.07 bits per heavy atom. The normalized spacial score (nSPS) is 27.4. The molecule has 0 radical (unpaired) electrons. The minimum atomic E-state index is -0.252. The van der Waals surface area contributed by atoms with Crippen molar-refractivity contribution in [2.24, 2.45) is 5.92 Å². The molecule has 1 unspecified atom stereocenters. The fraction of sp³-hybridized carbons (Fsp3) is 0.800. The fourth-order valence-electron chi connectivity index (χ4n) is 1.88. The van der Waals surface area contributed by atoms with E-state index < -0.39 is 0 Å². The highest BCUT2D eigenvalue weighted by Crippen LogP contribution is 2.34. The van der Waals surface area contributed by atoms with Crippen molar-refractivity contribution >= 4 is 11.9 Å². The number of hydrogen-bond acceptors (Lipinski definition) is 2. The van der Waals surface area contributed by atoms with Gasteiger partial charge >= 0.3 is 6.03 Å². The molecule has 3 amide bonds. The molecule has 1 saturated heterocycles. The van der Waals surface area contributed by atoms with Crippen molar-refractivity contribution < 1.29 is 9.59 Å². The number of urea groups is 1. The average molecular weight is 196 g/mol. The molecular weight excluding hydrogens is 180 g/mol. The molecule has 1 heterocycles. The Morgan fingerprint density at radius 3 is 2.50 bits per heavy atom. The van der Waals surface area contributed by atoms with Gasteiger partial charge in [0.25, 0.3) is 5.91 Å². The first-order valence-corrected chi connectivity index (χ1v) is 5.23. The number of imide groups is 1. The average Bonchev–Trinajstić information content (AvgIpc) is 2.81. The lowest BCUT2D eigenvalue weighted by Crippen LogP contribution is -2.37. The number of carbonyl (C=O) groups excluding carboxylic acids is 2. The van der Waals surface area contributed by atoms with Crippen molar-refractivity contribution in [3.05, 3.63) is 0 Å². The van der Waals surface area contributed by atoms with Crippen LogP contribution in [0, 0.1) is 5.92 Å². The monoisotopic (exact) mass is 196 g/mol. The number of hydrogen-bond donors (Lipinski definition) is 1. The van der Waals surface area contributed by atoms with Gasteiger partial charge in [-0.1, -0.05) is 12.8 Å². The van der Waals surface area contributed by atoms with Gasteiger partial charge in [0, 0.05) is 6.04 Å². The smallest absolute Gasteiger partial charge is 0.325 e. The van der Waals surface area contributed by atoms with Crippen molar-refractivity contribution in [1.82, 2.24) is 10.2 Å². The minimum absolute atomic E-state index is 0.0355. The van der Waals surface area contributed by atoms with E-state index in [1.54, 1.807) is 0 Å². The van der Waals surface area contributed by atoms with Crippen molar-refractivity contribution in [2.75, 3.05) is 0 Å². The first kappa shape index (κ1) is 9.49. The zero-order valence-electron chi connectivity index (χ0n) is 8.62. The number of nitrogens with one attached hydrogen (secondary N) is 1. The molecule has 1 saturated carbocycles. The largest absolute Gasteiger partial charge is 0.326 e. The van der Waals surface area contributed by atoms with Crippen LogP contribution in [-0.4, -0.2) is 28.9 Å². The lowest BCUT2D eigenvalue weighted by molar-refractivity contribution is -0.128. The van der Waals surface area contributed by atoms with Gasteiger partial charge in [0.2, 0.25) is 0 Å². The van der Waals surface area contributed by atoms with Gasteiger partial charge in [-0.3, -0.25) is 9.69 Å². The second-order valence-corrected chi connectivity index (χ2v) is 4.48. The summed E-state index contributed by atoms with van der Waals surface area (Å²) in [4.78, 5) is 24.5. The molecule has 14 heavy (non-hydrogen) atoms. The lowest BCUT2D eigenvalue weighted by atomic mass is 10.1. The Morgan fingerprint density at radius 1 is 1.43 bits per heavy atom. The Labute approximate surface area is 83.6 Å². The third-order valence-electron chi connectivity index (χ3n) is 2.83. The Hall–Kier alpha value is -1.06. The fourth-order valence-corrected chi connectivity index (χ4v) is 1.88. The number of amides is 3. The topological polar surface area (TPSA) is 49.4 Å². The number of nitrogens with zero attached hydrogens (tertiary/aromatic N) is 1. The highest BCUT2D eigenvalue weighted by Gasteiger charge is 2.41. The molecule has 0 aromatic carbocycles. The van der Waals surface area contributed by atoms with Crippen molar-refractivity contribution in [3.8, 4) is 0 Å². The van der Waals surface area contributed by atoms with Gasteiger partial charge in [0.15, 0.2) is 0 Å². The molecule has 1 aliphatic carbocycles. The number of carbonyl (C=O) groups is 2. The summed E-state index contributed by atoms with van der Waals surface area (Å²) in [5, 5.41) is 2.74. The van der Waals surface area contributed by atoms with Crippen LogP contribution in [0.1, 0.15) is 33.1 Å². The molecule has 0 bridgehead atoms. The molecular formula is C10H16N2O2. The van der Waals surface area contributed by atoms with E-state index in [0.29, 0.717) is 5.92 Å². The Kier molecular flexibility index (Phi) is 2.21. The quantitative estimate of drug-likeness (QED) is 0.687. The molecule has 78 valence electrons. The molecule has 2 rings (SSSR count). The number of rotatable bonds is 3. The van der Waals surface area contributed by atoms with E-state index in [-0.39, 0.29) is 24.0 Å². The highest BCUT2D eigenvalue weighted by atomic mass is 16.2. The zero-order chi connectivity index (χ0) is 10.3. The van der Waals surface area contributed by atoms with E-state index in [1.165, 1.54) is 17.7 Å². The second kappa shape index (κ2) is 3.26. The maximum atomic E-state index is 11.8. The molecule has 4 heteroatoms. The molecule has 0 spiro atoms. The van der Waals surface area contributed by atoms with E-state index >= 15 is 0 Å². The van der Waals surface area contributed by atoms with Crippen LogP contribution in [0.4, 0.5) is 4.79 Å². The predicted octanol–water partition coefficient (Wildman–Crippen LogP) is 1.12. The maximum absolute atomic E-state index is 11.8. The SMILES string of the molecule is CC(C)N1C(=O)NC(CC2CC2)C1=O. The third-order valence-corrected chi connectivity index (χ3v) is 2.83. The van der Waals surface area contributed by atoms with Crippen LogP contribution in [0.15, 0.2) is 0 Å². The van der Waals surface area contributed by atoms with Gasteiger partial charge in [-0.15, -0.1) is 0 Å².